The van der Waals surface area contributed by atoms with Crippen molar-refractivity contribution in [1.82, 2.24) is 5.32 Å². The van der Waals surface area contributed by atoms with E-state index in [2.05, 4.69) is 5.32 Å². The number of ether oxygens (including phenoxy) is 3. The quantitative estimate of drug-likeness (QED) is 0.666. The van der Waals surface area contributed by atoms with Crippen molar-refractivity contribution in [2.24, 2.45) is 0 Å². The Morgan fingerprint density at radius 1 is 1.25 bits per heavy atom. The number of phenolic OH excluding ortho intramolecular Hbond substituents is 1. The van der Waals surface area contributed by atoms with E-state index in [-0.39, 0.29) is 11.7 Å². The number of phenols is 1. The second-order valence-corrected chi connectivity index (χ2v) is 4.10. The fourth-order valence-electron chi connectivity index (χ4n) is 1.55. The highest BCUT2D eigenvalue weighted by Gasteiger charge is 2.08. The molecule has 1 rings (SSSR count). The van der Waals surface area contributed by atoms with Crippen LogP contribution in [0.15, 0.2) is 18.2 Å². The molecule has 20 heavy (non-hydrogen) atoms. The minimum absolute atomic E-state index is 0.0527. The van der Waals surface area contributed by atoms with Gasteiger partial charge < -0.3 is 24.6 Å². The van der Waals surface area contributed by atoms with Gasteiger partial charge in [-0.1, -0.05) is 0 Å². The lowest BCUT2D eigenvalue weighted by Gasteiger charge is -2.08. The molecular formula is C14H21NO5. The number of benzene rings is 1. The lowest BCUT2D eigenvalue weighted by atomic mass is 10.2. The van der Waals surface area contributed by atoms with Gasteiger partial charge in [-0.2, -0.15) is 0 Å². The second-order valence-electron chi connectivity index (χ2n) is 4.10. The third kappa shape index (κ3) is 5.46. The summed E-state index contributed by atoms with van der Waals surface area (Å²) in [6.07, 6.45) is 0.720. The van der Waals surface area contributed by atoms with Crippen LogP contribution < -0.4 is 10.1 Å². The fourth-order valence-corrected chi connectivity index (χ4v) is 1.55. The Bertz CT molecular complexity index is 422. The molecule has 6 nitrogen and oxygen atoms in total. The van der Waals surface area contributed by atoms with E-state index in [1.165, 1.54) is 13.2 Å². The number of hydrogen-bond acceptors (Lipinski definition) is 5. The van der Waals surface area contributed by atoms with E-state index in [0.29, 0.717) is 37.7 Å². The molecule has 0 aliphatic carbocycles. The van der Waals surface area contributed by atoms with E-state index in [0.717, 1.165) is 6.42 Å². The van der Waals surface area contributed by atoms with Crippen LogP contribution in [0, 0.1) is 0 Å². The highest BCUT2D eigenvalue weighted by atomic mass is 16.5. The smallest absolute Gasteiger partial charge is 0.251 e. The zero-order valence-electron chi connectivity index (χ0n) is 11.8. The van der Waals surface area contributed by atoms with Gasteiger partial charge in [0.2, 0.25) is 0 Å². The molecule has 1 aromatic carbocycles. The molecule has 0 bridgehead atoms. The predicted molar refractivity (Wildman–Crippen MR) is 74.3 cm³/mol. The van der Waals surface area contributed by atoms with Crippen LogP contribution in [0.3, 0.4) is 0 Å². The monoisotopic (exact) mass is 283 g/mol. The van der Waals surface area contributed by atoms with Gasteiger partial charge >= 0.3 is 0 Å². The van der Waals surface area contributed by atoms with Crippen LogP contribution in [0.25, 0.3) is 0 Å². The van der Waals surface area contributed by atoms with Gasteiger partial charge in [0.05, 0.1) is 20.3 Å². The van der Waals surface area contributed by atoms with Gasteiger partial charge in [0.15, 0.2) is 11.5 Å². The number of carbonyl (C=O) groups excluding carboxylic acids is 1. The summed E-state index contributed by atoms with van der Waals surface area (Å²) in [5.74, 6) is 0.0518. The zero-order chi connectivity index (χ0) is 14.8. The van der Waals surface area contributed by atoms with E-state index >= 15 is 0 Å². The molecule has 0 aliphatic heterocycles. The second kappa shape index (κ2) is 9.17. The number of methoxy groups -OCH3 is 2. The van der Waals surface area contributed by atoms with Gasteiger partial charge in [0.1, 0.15) is 0 Å². The van der Waals surface area contributed by atoms with Crippen molar-refractivity contribution in [3.8, 4) is 11.5 Å². The third-order valence-corrected chi connectivity index (χ3v) is 2.62. The standard InChI is InChI=1S/C14H21NO5/c1-18-8-9-20-7-3-6-15-14(17)11-4-5-13(19-2)12(16)10-11/h4-5,10,16H,3,6-9H2,1-2H3,(H,15,17). The van der Waals surface area contributed by atoms with Crippen molar-refractivity contribution in [3.63, 3.8) is 0 Å². The maximum Gasteiger partial charge on any atom is 0.251 e. The molecule has 0 spiro atoms. The van der Waals surface area contributed by atoms with Crippen molar-refractivity contribution < 1.29 is 24.1 Å². The first-order chi connectivity index (χ1) is 9.69. The molecule has 0 radical (unpaired) electrons. The van der Waals surface area contributed by atoms with Crippen LogP contribution >= 0.6 is 0 Å². The highest BCUT2D eigenvalue weighted by Crippen LogP contribution is 2.25. The summed E-state index contributed by atoms with van der Waals surface area (Å²) in [6.45, 7) is 2.20. The summed E-state index contributed by atoms with van der Waals surface area (Å²) < 4.78 is 15.0. The maximum absolute atomic E-state index is 11.8. The molecule has 1 amide bonds. The number of amides is 1. The largest absolute Gasteiger partial charge is 0.504 e. The van der Waals surface area contributed by atoms with Crippen LogP contribution in [0.1, 0.15) is 16.8 Å². The number of nitrogens with one attached hydrogen (secondary N) is 1. The van der Waals surface area contributed by atoms with Gasteiger partial charge in [-0.25, -0.2) is 0 Å². The highest BCUT2D eigenvalue weighted by molar-refractivity contribution is 5.94. The van der Waals surface area contributed by atoms with Crippen LogP contribution in [-0.2, 0) is 9.47 Å². The van der Waals surface area contributed by atoms with Crippen molar-refractivity contribution >= 4 is 5.91 Å². The topological polar surface area (TPSA) is 77.0 Å². The van der Waals surface area contributed by atoms with Crippen LogP contribution in [0.4, 0.5) is 0 Å². The van der Waals surface area contributed by atoms with Crippen LogP contribution in [0.2, 0.25) is 0 Å². The van der Waals surface area contributed by atoms with Crippen molar-refractivity contribution in [2.45, 2.75) is 6.42 Å². The van der Waals surface area contributed by atoms with E-state index in [1.807, 2.05) is 0 Å². The lowest BCUT2D eigenvalue weighted by molar-refractivity contribution is 0.0688. The molecule has 0 saturated carbocycles. The van der Waals surface area contributed by atoms with E-state index in [4.69, 9.17) is 14.2 Å². The molecule has 6 heteroatoms. The molecule has 112 valence electrons. The third-order valence-electron chi connectivity index (χ3n) is 2.62. The van der Waals surface area contributed by atoms with Crippen molar-refractivity contribution in [1.29, 1.82) is 0 Å². The van der Waals surface area contributed by atoms with Gasteiger partial charge in [0, 0.05) is 25.8 Å². The Hall–Kier alpha value is -1.79. The summed E-state index contributed by atoms with van der Waals surface area (Å²) in [6, 6.07) is 4.53. The SMILES string of the molecule is COCCOCCCNC(=O)c1ccc(OC)c(O)c1. The molecule has 0 aromatic heterocycles. The molecule has 0 fully saturated rings. The van der Waals surface area contributed by atoms with E-state index in [1.54, 1.807) is 19.2 Å². The number of rotatable bonds is 9. The van der Waals surface area contributed by atoms with Crippen LogP contribution in [-0.4, -0.2) is 51.6 Å². The molecule has 0 saturated heterocycles. The molecule has 0 heterocycles. The van der Waals surface area contributed by atoms with Crippen molar-refractivity contribution in [2.75, 3.05) is 40.6 Å². The summed E-state index contributed by atoms with van der Waals surface area (Å²) in [7, 11) is 3.08. The first-order valence-corrected chi connectivity index (χ1v) is 6.41. The van der Waals surface area contributed by atoms with Gasteiger partial charge in [-0.3, -0.25) is 4.79 Å². The number of hydrogen-bond donors (Lipinski definition) is 2. The Morgan fingerprint density at radius 2 is 2.05 bits per heavy atom. The fraction of sp³-hybridized carbons (Fsp3) is 0.500. The molecular weight excluding hydrogens is 262 g/mol. The minimum Gasteiger partial charge on any atom is -0.504 e. The lowest BCUT2D eigenvalue weighted by Crippen LogP contribution is -2.25. The molecule has 2 N–H and O–H groups in total. The Balaban J connectivity index is 2.27. The molecule has 0 unspecified atom stereocenters. The normalized spacial score (nSPS) is 10.3. The molecule has 0 aliphatic rings. The number of aromatic hydroxyl groups is 1. The Morgan fingerprint density at radius 3 is 2.70 bits per heavy atom. The molecule has 1 aromatic rings. The predicted octanol–water partition coefficient (Wildman–Crippen LogP) is 1.18. The minimum atomic E-state index is -0.236. The first-order valence-electron chi connectivity index (χ1n) is 6.41. The Labute approximate surface area is 118 Å². The summed E-state index contributed by atoms with van der Waals surface area (Å²) in [4.78, 5) is 11.8. The molecule has 0 atom stereocenters. The zero-order valence-corrected chi connectivity index (χ0v) is 11.8. The average molecular weight is 283 g/mol. The Kier molecular flexibility index (Phi) is 7.46. The average Bonchev–Trinajstić information content (AvgIpc) is 2.46. The van der Waals surface area contributed by atoms with Gasteiger partial charge in [-0.15, -0.1) is 0 Å². The summed E-state index contributed by atoms with van der Waals surface area (Å²) in [5.41, 5.74) is 0.392. The van der Waals surface area contributed by atoms with E-state index < -0.39 is 0 Å². The maximum atomic E-state index is 11.8. The van der Waals surface area contributed by atoms with Crippen LogP contribution in [0.5, 0.6) is 11.5 Å². The van der Waals surface area contributed by atoms with Gasteiger partial charge in [0.25, 0.3) is 5.91 Å². The first kappa shape index (κ1) is 16.3. The van der Waals surface area contributed by atoms with E-state index in [9.17, 15) is 9.90 Å². The summed E-state index contributed by atoms with van der Waals surface area (Å²) in [5, 5.41) is 12.3. The van der Waals surface area contributed by atoms with Gasteiger partial charge in [-0.05, 0) is 24.6 Å². The number of carbonyl (C=O) groups is 1. The van der Waals surface area contributed by atoms with Crippen molar-refractivity contribution in [3.05, 3.63) is 23.8 Å². The summed E-state index contributed by atoms with van der Waals surface area (Å²) >= 11 is 0.